The minimum atomic E-state index is -3.43. The molecule has 0 spiro atoms. The molecule has 0 saturated heterocycles. The minimum absolute atomic E-state index is 0.142. The van der Waals surface area contributed by atoms with Crippen molar-refractivity contribution in [3.63, 3.8) is 0 Å². The van der Waals surface area contributed by atoms with Gasteiger partial charge in [0, 0.05) is 45.2 Å². The van der Waals surface area contributed by atoms with Crippen molar-refractivity contribution in [1.29, 1.82) is 0 Å². The standard InChI is InChI=1S/C13H23N3O3S/c1-14-9-12-8-13(10-15(12)2)20(17,18)16(6-7-19-3)11-4-5-11/h8,10-11,14H,4-7,9H2,1-3H3. The van der Waals surface area contributed by atoms with E-state index in [-0.39, 0.29) is 6.04 Å². The number of rotatable bonds is 8. The normalized spacial score (nSPS) is 16.0. The van der Waals surface area contributed by atoms with Gasteiger partial charge in [0.05, 0.1) is 6.61 Å². The van der Waals surface area contributed by atoms with Crippen molar-refractivity contribution in [3.05, 3.63) is 18.0 Å². The molecule has 1 saturated carbocycles. The Kier molecular flexibility index (Phi) is 4.85. The highest BCUT2D eigenvalue weighted by Crippen LogP contribution is 2.32. The molecule has 0 unspecified atom stereocenters. The van der Waals surface area contributed by atoms with Crippen LogP contribution in [0.2, 0.25) is 0 Å². The Morgan fingerprint density at radius 2 is 2.20 bits per heavy atom. The van der Waals surface area contributed by atoms with Crippen LogP contribution in [0.3, 0.4) is 0 Å². The number of ether oxygens (including phenoxy) is 1. The lowest BCUT2D eigenvalue weighted by Crippen LogP contribution is -2.35. The van der Waals surface area contributed by atoms with Gasteiger partial charge in [0.1, 0.15) is 4.90 Å². The van der Waals surface area contributed by atoms with Gasteiger partial charge in [-0.3, -0.25) is 0 Å². The third kappa shape index (κ3) is 3.22. The first-order valence-electron chi connectivity index (χ1n) is 6.81. The van der Waals surface area contributed by atoms with Crippen molar-refractivity contribution in [3.8, 4) is 0 Å². The molecule has 20 heavy (non-hydrogen) atoms. The van der Waals surface area contributed by atoms with Crippen molar-refractivity contribution in [2.24, 2.45) is 7.05 Å². The molecule has 0 aromatic carbocycles. The molecule has 1 aliphatic carbocycles. The van der Waals surface area contributed by atoms with Crippen LogP contribution >= 0.6 is 0 Å². The third-order valence-corrected chi connectivity index (χ3v) is 5.43. The fourth-order valence-corrected chi connectivity index (χ4v) is 4.02. The fourth-order valence-electron chi connectivity index (χ4n) is 2.25. The van der Waals surface area contributed by atoms with Gasteiger partial charge in [0.15, 0.2) is 0 Å². The SMILES string of the molecule is CNCc1cc(S(=O)(=O)N(CCOC)C2CC2)cn1C. The number of nitrogens with one attached hydrogen (secondary N) is 1. The van der Waals surface area contributed by atoms with Crippen LogP contribution in [0.25, 0.3) is 0 Å². The zero-order chi connectivity index (χ0) is 14.8. The summed E-state index contributed by atoms with van der Waals surface area (Å²) in [6.07, 6.45) is 3.57. The van der Waals surface area contributed by atoms with Gasteiger partial charge in [0.25, 0.3) is 0 Å². The van der Waals surface area contributed by atoms with E-state index in [1.165, 1.54) is 0 Å². The van der Waals surface area contributed by atoms with E-state index >= 15 is 0 Å². The second-order valence-electron chi connectivity index (χ2n) is 5.15. The Labute approximate surface area is 120 Å². The van der Waals surface area contributed by atoms with Crippen LogP contribution in [0.5, 0.6) is 0 Å². The first-order chi connectivity index (χ1) is 9.50. The Morgan fingerprint density at radius 1 is 1.50 bits per heavy atom. The summed E-state index contributed by atoms with van der Waals surface area (Å²) >= 11 is 0. The van der Waals surface area contributed by atoms with Gasteiger partial charge in [-0.2, -0.15) is 4.31 Å². The highest BCUT2D eigenvalue weighted by Gasteiger charge is 2.38. The number of methoxy groups -OCH3 is 1. The van der Waals surface area contributed by atoms with Gasteiger partial charge in [-0.05, 0) is 26.0 Å². The van der Waals surface area contributed by atoms with Gasteiger partial charge in [-0.25, -0.2) is 8.42 Å². The van der Waals surface area contributed by atoms with E-state index in [9.17, 15) is 8.42 Å². The molecule has 0 atom stereocenters. The molecule has 1 aromatic heterocycles. The molecule has 0 bridgehead atoms. The maximum absolute atomic E-state index is 12.7. The van der Waals surface area contributed by atoms with E-state index in [2.05, 4.69) is 5.32 Å². The number of hydrogen-bond acceptors (Lipinski definition) is 4. The number of nitrogens with zero attached hydrogens (tertiary/aromatic N) is 2. The molecule has 114 valence electrons. The zero-order valence-electron chi connectivity index (χ0n) is 12.3. The van der Waals surface area contributed by atoms with Crippen molar-refractivity contribution in [2.45, 2.75) is 30.3 Å². The van der Waals surface area contributed by atoms with E-state index in [0.717, 1.165) is 18.5 Å². The smallest absolute Gasteiger partial charge is 0.244 e. The van der Waals surface area contributed by atoms with E-state index in [0.29, 0.717) is 24.6 Å². The molecule has 1 heterocycles. The number of sulfonamides is 1. The van der Waals surface area contributed by atoms with E-state index < -0.39 is 10.0 Å². The van der Waals surface area contributed by atoms with Gasteiger partial charge < -0.3 is 14.6 Å². The molecule has 2 rings (SSSR count). The lowest BCUT2D eigenvalue weighted by molar-refractivity contribution is 0.177. The van der Waals surface area contributed by atoms with Crippen LogP contribution in [-0.4, -0.2) is 50.6 Å². The van der Waals surface area contributed by atoms with Crippen molar-refractivity contribution in [1.82, 2.24) is 14.2 Å². The largest absolute Gasteiger partial charge is 0.383 e. The van der Waals surface area contributed by atoms with Crippen LogP contribution in [0, 0.1) is 0 Å². The fraction of sp³-hybridized carbons (Fsp3) is 0.692. The minimum Gasteiger partial charge on any atom is -0.383 e. The molecular weight excluding hydrogens is 278 g/mol. The quantitative estimate of drug-likeness (QED) is 0.761. The summed E-state index contributed by atoms with van der Waals surface area (Å²) in [4.78, 5) is 0.369. The predicted octanol–water partition coefficient (Wildman–Crippen LogP) is 0.544. The zero-order valence-corrected chi connectivity index (χ0v) is 13.1. The molecule has 0 amide bonds. The first-order valence-corrected chi connectivity index (χ1v) is 8.25. The van der Waals surface area contributed by atoms with Gasteiger partial charge >= 0.3 is 0 Å². The van der Waals surface area contributed by atoms with Crippen LogP contribution in [0.4, 0.5) is 0 Å². The summed E-state index contributed by atoms with van der Waals surface area (Å²) in [5.41, 5.74) is 0.952. The second-order valence-corrected chi connectivity index (χ2v) is 7.04. The van der Waals surface area contributed by atoms with Crippen molar-refractivity contribution >= 4 is 10.0 Å². The highest BCUT2D eigenvalue weighted by atomic mass is 32.2. The number of hydrogen-bond donors (Lipinski definition) is 1. The predicted molar refractivity (Wildman–Crippen MR) is 77.0 cm³/mol. The Balaban J connectivity index is 2.25. The maximum atomic E-state index is 12.7. The number of aryl methyl sites for hydroxylation is 1. The molecule has 1 aliphatic rings. The van der Waals surface area contributed by atoms with Crippen LogP contribution in [0.15, 0.2) is 17.2 Å². The highest BCUT2D eigenvalue weighted by molar-refractivity contribution is 7.89. The van der Waals surface area contributed by atoms with Crippen molar-refractivity contribution < 1.29 is 13.2 Å². The molecule has 7 heteroatoms. The molecular formula is C13H23N3O3S. The average molecular weight is 301 g/mol. The van der Waals surface area contributed by atoms with E-state index in [1.807, 2.05) is 18.7 Å². The van der Waals surface area contributed by atoms with Crippen LogP contribution < -0.4 is 5.32 Å². The first kappa shape index (κ1) is 15.5. The Bertz CT molecular complexity index is 549. The molecule has 1 N–H and O–H groups in total. The summed E-state index contributed by atoms with van der Waals surface area (Å²) in [6.45, 7) is 1.49. The molecule has 1 aromatic rings. The van der Waals surface area contributed by atoms with Gasteiger partial charge in [0.2, 0.25) is 10.0 Å². The summed E-state index contributed by atoms with van der Waals surface area (Å²) < 4.78 is 33.9. The van der Waals surface area contributed by atoms with Gasteiger partial charge in [-0.15, -0.1) is 0 Å². The van der Waals surface area contributed by atoms with E-state index in [4.69, 9.17) is 4.74 Å². The molecule has 1 fully saturated rings. The monoisotopic (exact) mass is 301 g/mol. The summed E-state index contributed by atoms with van der Waals surface area (Å²) in [5.74, 6) is 0. The summed E-state index contributed by atoms with van der Waals surface area (Å²) in [5, 5.41) is 3.04. The lowest BCUT2D eigenvalue weighted by Gasteiger charge is -2.20. The average Bonchev–Trinajstić information content (AvgIpc) is 3.15. The topological polar surface area (TPSA) is 63.6 Å². The lowest BCUT2D eigenvalue weighted by atomic mass is 10.4. The van der Waals surface area contributed by atoms with Crippen LogP contribution in [-0.2, 0) is 28.4 Å². The van der Waals surface area contributed by atoms with E-state index in [1.54, 1.807) is 23.7 Å². The van der Waals surface area contributed by atoms with Crippen LogP contribution in [0.1, 0.15) is 18.5 Å². The Hall–Kier alpha value is -0.890. The Morgan fingerprint density at radius 3 is 2.75 bits per heavy atom. The van der Waals surface area contributed by atoms with Gasteiger partial charge in [-0.1, -0.05) is 0 Å². The number of aromatic nitrogens is 1. The maximum Gasteiger partial charge on any atom is 0.244 e. The summed E-state index contributed by atoms with van der Waals surface area (Å²) in [6, 6.07) is 1.89. The molecule has 0 radical (unpaired) electrons. The summed E-state index contributed by atoms with van der Waals surface area (Å²) in [7, 11) is 1.87. The second kappa shape index (κ2) is 6.26. The molecule has 0 aliphatic heterocycles. The van der Waals surface area contributed by atoms with Crippen molar-refractivity contribution in [2.75, 3.05) is 27.3 Å². The molecule has 6 nitrogen and oxygen atoms in total. The third-order valence-electron chi connectivity index (χ3n) is 3.52.